The molecule has 0 spiro atoms. The van der Waals surface area contributed by atoms with E-state index in [2.05, 4.69) is 30.5 Å². The average molecular weight is 623 g/mol. The molecule has 0 heterocycles. The minimum Gasteiger partial charge on any atom is -0.462 e. The number of aliphatic hydroxyl groups excluding tert-OH is 2. The maximum absolute atomic E-state index is 12.4. The molecule has 3 N–H and O–H groups in total. The SMILES string of the molecule is CCCCCCCC/C=C\CCCCCCCC(=O)OC(COC(=O)CCCCCC)COP(=O)(O)OCC(O)CO. The molecular weight excluding hydrogens is 563 g/mol. The van der Waals surface area contributed by atoms with Crippen LogP contribution < -0.4 is 0 Å². The summed E-state index contributed by atoms with van der Waals surface area (Å²) in [6.45, 7) is 2.19. The number of esters is 2. The van der Waals surface area contributed by atoms with Crippen LogP contribution in [0.1, 0.15) is 136 Å². The first kappa shape index (κ1) is 40.7. The zero-order valence-electron chi connectivity index (χ0n) is 26.2. The number of carbonyl (C=O) groups excluding carboxylic acids is 2. The summed E-state index contributed by atoms with van der Waals surface area (Å²) in [6.07, 6.45) is 21.1. The number of hydrogen-bond acceptors (Lipinski definition) is 9. The lowest BCUT2D eigenvalue weighted by Gasteiger charge is -2.20. The Bertz CT molecular complexity index is 731. The first-order chi connectivity index (χ1) is 20.2. The molecule has 0 aromatic rings. The van der Waals surface area contributed by atoms with E-state index in [1.54, 1.807) is 0 Å². The van der Waals surface area contributed by atoms with E-state index in [0.717, 1.165) is 57.8 Å². The largest absolute Gasteiger partial charge is 0.472 e. The van der Waals surface area contributed by atoms with Gasteiger partial charge in [0.15, 0.2) is 6.10 Å². The molecule has 0 aromatic heterocycles. The topological polar surface area (TPSA) is 149 Å². The van der Waals surface area contributed by atoms with E-state index >= 15 is 0 Å². The zero-order chi connectivity index (χ0) is 31.3. The molecule has 0 bridgehead atoms. The Labute approximate surface area is 254 Å². The summed E-state index contributed by atoms with van der Waals surface area (Å²) in [7, 11) is -4.59. The highest BCUT2D eigenvalue weighted by atomic mass is 31.2. The van der Waals surface area contributed by atoms with Crippen molar-refractivity contribution in [2.45, 2.75) is 148 Å². The van der Waals surface area contributed by atoms with Gasteiger partial charge in [-0.3, -0.25) is 18.6 Å². The van der Waals surface area contributed by atoms with E-state index in [-0.39, 0.29) is 19.4 Å². The van der Waals surface area contributed by atoms with Crippen LogP contribution in [0.15, 0.2) is 12.2 Å². The molecule has 0 aliphatic carbocycles. The van der Waals surface area contributed by atoms with Crippen LogP contribution in [0.4, 0.5) is 0 Å². The minimum absolute atomic E-state index is 0.176. The lowest BCUT2D eigenvalue weighted by Crippen LogP contribution is -2.29. The van der Waals surface area contributed by atoms with Crippen molar-refractivity contribution in [3.05, 3.63) is 12.2 Å². The van der Waals surface area contributed by atoms with Crippen molar-refractivity contribution < 1.29 is 47.8 Å². The second-order valence-corrected chi connectivity index (χ2v) is 12.3. The van der Waals surface area contributed by atoms with Crippen molar-refractivity contribution in [2.75, 3.05) is 26.4 Å². The second-order valence-electron chi connectivity index (χ2n) is 10.8. The van der Waals surface area contributed by atoms with Crippen molar-refractivity contribution in [1.29, 1.82) is 0 Å². The molecule has 11 heteroatoms. The van der Waals surface area contributed by atoms with Crippen LogP contribution in [-0.2, 0) is 32.7 Å². The Kier molecular flexibility index (Phi) is 27.6. The molecular formula is C31H59O10P. The van der Waals surface area contributed by atoms with E-state index in [0.29, 0.717) is 12.8 Å². The summed E-state index contributed by atoms with van der Waals surface area (Å²) < 4.78 is 32.2. The molecule has 0 saturated carbocycles. The molecule has 3 atom stereocenters. The minimum atomic E-state index is -4.59. The Morgan fingerprint density at radius 1 is 0.690 bits per heavy atom. The Balaban J connectivity index is 4.31. The van der Waals surface area contributed by atoms with Crippen LogP contribution in [0.25, 0.3) is 0 Å². The maximum atomic E-state index is 12.4. The molecule has 0 radical (unpaired) electrons. The van der Waals surface area contributed by atoms with Crippen molar-refractivity contribution in [3.8, 4) is 0 Å². The molecule has 0 aliphatic heterocycles. The average Bonchev–Trinajstić information content (AvgIpc) is 2.97. The fourth-order valence-electron chi connectivity index (χ4n) is 4.10. The van der Waals surface area contributed by atoms with Gasteiger partial charge in [0.1, 0.15) is 12.7 Å². The van der Waals surface area contributed by atoms with Crippen LogP contribution in [0, 0.1) is 0 Å². The van der Waals surface area contributed by atoms with E-state index in [1.165, 1.54) is 38.5 Å². The van der Waals surface area contributed by atoms with Gasteiger partial charge in [-0.05, 0) is 38.5 Å². The van der Waals surface area contributed by atoms with Crippen molar-refractivity contribution in [2.24, 2.45) is 0 Å². The van der Waals surface area contributed by atoms with Crippen LogP contribution in [0.2, 0.25) is 0 Å². The number of carbonyl (C=O) groups is 2. The number of unbranched alkanes of at least 4 members (excludes halogenated alkanes) is 14. The molecule has 248 valence electrons. The predicted octanol–water partition coefficient (Wildman–Crippen LogP) is 6.94. The van der Waals surface area contributed by atoms with E-state index in [4.69, 9.17) is 19.1 Å². The Morgan fingerprint density at radius 3 is 1.74 bits per heavy atom. The fraction of sp³-hybridized carbons (Fsp3) is 0.871. The Hall–Kier alpha value is -1.29. The van der Waals surface area contributed by atoms with Gasteiger partial charge in [-0.1, -0.05) is 96.6 Å². The van der Waals surface area contributed by atoms with Gasteiger partial charge in [0.2, 0.25) is 0 Å². The lowest BCUT2D eigenvalue weighted by atomic mass is 10.1. The molecule has 0 amide bonds. The number of aliphatic hydroxyl groups is 2. The maximum Gasteiger partial charge on any atom is 0.472 e. The number of phosphoric acid groups is 1. The molecule has 0 saturated heterocycles. The van der Waals surface area contributed by atoms with Crippen LogP contribution in [0.5, 0.6) is 0 Å². The van der Waals surface area contributed by atoms with Gasteiger partial charge in [0.25, 0.3) is 0 Å². The summed E-state index contributed by atoms with van der Waals surface area (Å²) in [6, 6.07) is 0. The van der Waals surface area contributed by atoms with Gasteiger partial charge in [-0.15, -0.1) is 0 Å². The zero-order valence-corrected chi connectivity index (χ0v) is 27.1. The number of ether oxygens (including phenoxy) is 2. The first-order valence-electron chi connectivity index (χ1n) is 16.1. The Morgan fingerprint density at radius 2 is 1.17 bits per heavy atom. The van der Waals surface area contributed by atoms with Crippen molar-refractivity contribution in [3.63, 3.8) is 0 Å². The van der Waals surface area contributed by atoms with Crippen molar-refractivity contribution >= 4 is 19.8 Å². The van der Waals surface area contributed by atoms with Gasteiger partial charge in [-0.2, -0.15) is 0 Å². The van der Waals surface area contributed by atoms with E-state index in [1.807, 2.05) is 0 Å². The summed E-state index contributed by atoms with van der Waals surface area (Å²) >= 11 is 0. The molecule has 0 aliphatic rings. The standard InChI is InChI=1S/C31H59O10P/c1-3-5-7-9-10-11-12-13-14-15-16-17-18-19-21-23-31(35)41-29(26-38-30(34)22-20-8-6-4-2)27-40-42(36,37)39-25-28(33)24-32/h13-14,28-29,32-33H,3-12,15-27H2,1-2H3,(H,36,37)/b14-13-. The second kappa shape index (κ2) is 28.5. The molecule has 3 unspecified atom stereocenters. The molecule has 10 nitrogen and oxygen atoms in total. The third-order valence-corrected chi connectivity index (χ3v) is 7.62. The molecule has 42 heavy (non-hydrogen) atoms. The highest BCUT2D eigenvalue weighted by Crippen LogP contribution is 2.43. The number of allylic oxidation sites excluding steroid dienone is 2. The summed E-state index contributed by atoms with van der Waals surface area (Å²) in [4.78, 5) is 34.3. The predicted molar refractivity (Wildman–Crippen MR) is 164 cm³/mol. The van der Waals surface area contributed by atoms with Gasteiger partial charge in [0, 0.05) is 12.8 Å². The van der Waals surface area contributed by atoms with Gasteiger partial charge in [-0.25, -0.2) is 4.57 Å². The number of hydrogen-bond donors (Lipinski definition) is 3. The summed E-state index contributed by atoms with van der Waals surface area (Å²) in [5.74, 6) is -0.955. The molecule has 0 fully saturated rings. The normalized spacial score (nSPS) is 14.5. The van der Waals surface area contributed by atoms with E-state index in [9.17, 15) is 24.2 Å². The van der Waals surface area contributed by atoms with Gasteiger partial charge < -0.3 is 24.6 Å². The third kappa shape index (κ3) is 27.5. The summed E-state index contributed by atoms with van der Waals surface area (Å²) in [5.41, 5.74) is 0. The van der Waals surface area contributed by atoms with Gasteiger partial charge >= 0.3 is 19.8 Å². The first-order valence-corrected chi connectivity index (χ1v) is 17.6. The van der Waals surface area contributed by atoms with E-state index < -0.39 is 51.8 Å². The highest BCUT2D eigenvalue weighted by Gasteiger charge is 2.27. The number of rotatable bonds is 30. The van der Waals surface area contributed by atoms with Crippen LogP contribution in [-0.4, -0.2) is 65.7 Å². The smallest absolute Gasteiger partial charge is 0.462 e. The quantitative estimate of drug-likeness (QED) is 0.0333. The fourth-order valence-corrected chi connectivity index (χ4v) is 4.89. The van der Waals surface area contributed by atoms with Gasteiger partial charge in [0.05, 0.1) is 19.8 Å². The summed E-state index contributed by atoms with van der Waals surface area (Å²) in [5, 5.41) is 18.1. The number of phosphoric ester groups is 1. The van der Waals surface area contributed by atoms with Crippen LogP contribution in [0.3, 0.4) is 0 Å². The van der Waals surface area contributed by atoms with Crippen LogP contribution >= 0.6 is 7.82 Å². The molecule has 0 aromatic carbocycles. The monoisotopic (exact) mass is 622 g/mol. The molecule has 0 rings (SSSR count). The van der Waals surface area contributed by atoms with Crippen molar-refractivity contribution in [1.82, 2.24) is 0 Å². The highest BCUT2D eigenvalue weighted by molar-refractivity contribution is 7.47. The lowest BCUT2D eigenvalue weighted by molar-refractivity contribution is -0.161. The third-order valence-electron chi connectivity index (χ3n) is 6.67.